The smallest absolute Gasteiger partial charge is 0.338 e. The Morgan fingerprint density at radius 2 is 1.98 bits per heavy atom. The van der Waals surface area contributed by atoms with E-state index in [1.807, 2.05) is 0 Å². The summed E-state index contributed by atoms with van der Waals surface area (Å²) in [6.07, 6.45) is 2.14. The highest BCUT2D eigenvalue weighted by atomic mass is 32.1. The van der Waals surface area contributed by atoms with Gasteiger partial charge in [0.25, 0.3) is 5.92 Å². The second-order valence-corrected chi connectivity index (χ2v) is 12.2. The van der Waals surface area contributed by atoms with Crippen molar-refractivity contribution in [2.24, 2.45) is 15.5 Å². The molecule has 2 N–H and O–H groups in total. The highest BCUT2D eigenvalue weighted by Crippen LogP contribution is 2.41. The number of carboxylic acids is 1. The number of likely N-dealkylation sites (tertiary alicyclic amines) is 1. The molecule has 0 saturated carbocycles. The van der Waals surface area contributed by atoms with Crippen LogP contribution in [0.5, 0.6) is 0 Å². The van der Waals surface area contributed by atoms with Crippen molar-refractivity contribution >= 4 is 41.2 Å². The maximum atomic E-state index is 15.5. The number of amidine groups is 1. The molecule has 4 heterocycles. The molecule has 11 nitrogen and oxygen atoms in total. The normalized spacial score (nSPS) is 23.0. The first-order chi connectivity index (χ1) is 20.7. The van der Waals surface area contributed by atoms with Crippen molar-refractivity contribution in [2.75, 3.05) is 20.2 Å². The summed E-state index contributed by atoms with van der Waals surface area (Å²) in [7, 11) is 1.12. The molecule has 3 atom stereocenters. The van der Waals surface area contributed by atoms with Gasteiger partial charge in [-0.25, -0.2) is 32.3 Å². The molecule has 3 aliphatic rings. The van der Waals surface area contributed by atoms with Crippen LogP contribution in [0.1, 0.15) is 42.4 Å². The van der Waals surface area contributed by atoms with Crippen LogP contribution >= 0.6 is 11.3 Å². The molecule has 0 aliphatic carbocycles. The van der Waals surface area contributed by atoms with Crippen molar-refractivity contribution in [3.05, 3.63) is 62.7 Å². The number of methoxy groups -OCH3 is 1. The van der Waals surface area contributed by atoms with E-state index in [1.54, 1.807) is 5.38 Å². The number of hydrazone groups is 1. The van der Waals surface area contributed by atoms with Gasteiger partial charge in [0.2, 0.25) is 5.91 Å². The Hall–Kier alpha value is -4.18. The first kappa shape index (κ1) is 31.3. The number of nitrogens with one attached hydrogen (secondary N) is 1. The van der Waals surface area contributed by atoms with E-state index in [2.05, 4.69) is 20.4 Å². The van der Waals surface area contributed by atoms with Gasteiger partial charge in [0.05, 0.1) is 30.7 Å². The number of aromatic nitrogens is 1. The number of nitrogens with zero attached hydrogens (tertiary/aromatic N) is 5. The van der Waals surface area contributed by atoms with E-state index in [1.165, 1.54) is 55.5 Å². The van der Waals surface area contributed by atoms with Crippen LogP contribution in [0.15, 0.2) is 45.1 Å². The topological polar surface area (TPSA) is 137 Å². The molecule has 0 spiro atoms. The van der Waals surface area contributed by atoms with Crippen LogP contribution in [0.25, 0.3) is 0 Å². The van der Waals surface area contributed by atoms with Gasteiger partial charge in [-0.1, -0.05) is 6.07 Å². The quantitative estimate of drug-likeness (QED) is 0.333. The predicted octanol–water partition coefficient (Wildman–Crippen LogP) is 3.26. The van der Waals surface area contributed by atoms with Gasteiger partial charge in [-0.2, -0.15) is 5.10 Å². The van der Waals surface area contributed by atoms with Crippen LogP contribution in [-0.2, 0) is 19.1 Å². The number of amides is 1. The number of esters is 1. The number of hydrogen-bond donors (Lipinski definition) is 2. The summed E-state index contributed by atoms with van der Waals surface area (Å²) in [6, 6.07) is -1.83. The van der Waals surface area contributed by atoms with Crippen LogP contribution in [0, 0.1) is 24.0 Å². The molecule has 2 aromatic rings. The van der Waals surface area contributed by atoms with Crippen molar-refractivity contribution in [3.63, 3.8) is 0 Å². The number of rotatable bonds is 8. The van der Waals surface area contributed by atoms with Crippen molar-refractivity contribution < 1.29 is 41.8 Å². The molecule has 3 unspecified atom stereocenters. The third-order valence-corrected chi connectivity index (χ3v) is 8.61. The lowest BCUT2D eigenvalue weighted by Gasteiger charge is -2.31. The number of carbonyl (C=O) groups is 3. The number of alkyl halides is 2. The van der Waals surface area contributed by atoms with E-state index >= 15 is 8.78 Å². The summed E-state index contributed by atoms with van der Waals surface area (Å²) < 4.78 is 64.8. The average Bonchev–Trinajstić information content (AvgIpc) is 3.70. The summed E-state index contributed by atoms with van der Waals surface area (Å²) in [5.41, 5.74) is -1.47. The van der Waals surface area contributed by atoms with E-state index in [9.17, 15) is 28.3 Å². The zero-order valence-electron chi connectivity index (χ0n) is 24.0. The predicted molar refractivity (Wildman–Crippen MR) is 150 cm³/mol. The molecule has 0 radical (unpaired) electrons. The number of aliphatic imine (C=N–C) groups is 1. The fraction of sp³-hybridized carbons (Fsp3) is 0.429. The second-order valence-electron chi connectivity index (χ2n) is 11.3. The zero-order valence-corrected chi connectivity index (χ0v) is 24.8. The minimum Gasteiger partial charge on any atom is -0.481 e. The van der Waals surface area contributed by atoms with Crippen LogP contribution in [0.2, 0.25) is 0 Å². The van der Waals surface area contributed by atoms with Crippen LogP contribution < -0.4 is 5.32 Å². The average molecular weight is 637 g/mol. The van der Waals surface area contributed by atoms with Crippen molar-refractivity contribution in [2.45, 2.75) is 51.2 Å². The number of thiazole rings is 1. The van der Waals surface area contributed by atoms with E-state index < -0.39 is 71.9 Å². The van der Waals surface area contributed by atoms with Crippen molar-refractivity contribution in [1.29, 1.82) is 0 Å². The summed E-state index contributed by atoms with van der Waals surface area (Å²) in [4.78, 5) is 47.9. The third-order valence-electron chi connectivity index (χ3n) is 7.83. The Labute approximate surface area is 252 Å². The van der Waals surface area contributed by atoms with E-state index in [0.717, 1.165) is 13.2 Å². The standard InChI is InChI=1S/C28H28F4N6O5S/c1-13-14(5-6-15(29)20(13)30)21-19(25(40)43-4)16(35-23(36-21)24-33-7-8-44-24)11-37-12-28(31,32)22-17(37)10-34-38(22)18(39)9-27(2,3)26(41)42/h5-8,10,17,21-22H,9,11-12H2,1-4H3,(H,35,36)(H,41,42). The van der Waals surface area contributed by atoms with Gasteiger partial charge < -0.3 is 15.2 Å². The minimum absolute atomic E-state index is 0.103. The van der Waals surface area contributed by atoms with Crippen LogP contribution in [0.3, 0.4) is 0 Å². The SMILES string of the molecule is COC(=O)C1=C(CN2CC(F)(F)C3C2C=NN3C(=O)CC(C)(C)C(=O)O)NC(c2nccs2)=NC1c1ccc(F)c(F)c1C. The maximum absolute atomic E-state index is 15.5. The molecule has 1 amide bonds. The molecule has 1 saturated heterocycles. The van der Waals surface area contributed by atoms with Gasteiger partial charge in [-0.3, -0.25) is 19.5 Å². The summed E-state index contributed by atoms with van der Waals surface area (Å²) in [5, 5.41) is 19.0. The molecule has 5 rings (SSSR count). The number of hydrogen-bond acceptors (Lipinski definition) is 10. The number of carbonyl (C=O) groups excluding carboxylic acids is 2. The summed E-state index contributed by atoms with van der Waals surface area (Å²) in [5.74, 6) is -8.53. The fourth-order valence-electron chi connectivity index (χ4n) is 5.46. The minimum atomic E-state index is -3.47. The number of aliphatic carboxylic acids is 1. The van der Waals surface area contributed by atoms with Gasteiger partial charge >= 0.3 is 11.9 Å². The van der Waals surface area contributed by atoms with Gasteiger partial charge in [0.15, 0.2) is 22.5 Å². The van der Waals surface area contributed by atoms with Crippen LogP contribution in [-0.4, -0.2) is 88.1 Å². The Balaban J connectivity index is 1.53. The van der Waals surface area contributed by atoms with Crippen molar-refractivity contribution in [3.8, 4) is 0 Å². The molecule has 16 heteroatoms. The van der Waals surface area contributed by atoms with Gasteiger partial charge in [0, 0.05) is 36.5 Å². The monoisotopic (exact) mass is 636 g/mol. The van der Waals surface area contributed by atoms with Crippen LogP contribution in [0.4, 0.5) is 17.6 Å². The van der Waals surface area contributed by atoms with Crippen molar-refractivity contribution in [1.82, 2.24) is 20.2 Å². The second kappa shape index (κ2) is 11.4. The Morgan fingerprint density at radius 3 is 2.61 bits per heavy atom. The van der Waals surface area contributed by atoms with E-state index in [0.29, 0.717) is 10.0 Å². The fourth-order valence-corrected chi connectivity index (χ4v) is 6.04. The Bertz CT molecular complexity index is 1610. The first-order valence-corrected chi connectivity index (χ1v) is 14.3. The Kier molecular flexibility index (Phi) is 8.09. The maximum Gasteiger partial charge on any atom is 0.338 e. The van der Waals surface area contributed by atoms with E-state index in [4.69, 9.17) is 4.74 Å². The molecular formula is C28H28F4N6O5S. The van der Waals surface area contributed by atoms with Gasteiger partial charge in [0.1, 0.15) is 12.1 Å². The number of fused-ring (bicyclic) bond motifs is 1. The first-order valence-electron chi connectivity index (χ1n) is 13.4. The van der Waals surface area contributed by atoms with Gasteiger partial charge in [-0.15, -0.1) is 11.3 Å². The molecule has 44 heavy (non-hydrogen) atoms. The molecular weight excluding hydrogens is 608 g/mol. The number of halogens is 4. The molecule has 1 aromatic carbocycles. The molecule has 0 bridgehead atoms. The Morgan fingerprint density at radius 1 is 1.25 bits per heavy atom. The molecule has 1 fully saturated rings. The summed E-state index contributed by atoms with van der Waals surface area (Å²) >= 11 is 1.20. The van der Waals surface area contributed by atoms with Gasteiger partial charge in [-0.05, 0) is 38.0 Å². The lowest BCUT2D eigenvalue weighted by atomic mass is 9.89. The third kappa shape index (κ3) is 5.47. The highest BCUT2D eigenvalue weighted by molar-refractivity contribution is 7.11. The number of ether oxygens (including phenoxy) is 1. The van der Waals surface area contributed by atoms with E-state index in [-0.39, 0.29) is 34.8 Å². The molecule has 234 valence electrons. The summed E-state index contributed by atoms with van der Waals surface area (Å²) in [6.45, 7) is 2.82. The largest absolute Gasteiger partial charge is 0.481 e. The molecule has 3 aliphatic heterocycles. The number of benzene rings is 1. The zero-order chi connectivity index (χ0) is 32.1. The highest BCUT2D eigenvalue weighted by Gasteiger charge is 2.60. The number of carboxylic acid groups (broad SMARTS) is 1. The molecule has 1 aromatic heterocycles. The lowest BCUT2D eigenvalue weighted by molar-refractivity contribution is -0.154. The lowest BCUT2D eigenvalue weighted by Crippen LogP contribution is -2.49.